The lowest BCUT2D eigenvalue weighted by Gasteiger charge is -2.21. The molecule has 17 nitrogen and oxygen atoms in total. The van der Waals surface area contributed by atoms with E-state index in [2.05, 4.69) is 58.9 Å². The molecule has 0 spiro atoms. The van der Waals surface area contributed by atoms with Crippen molar-refractivity contribution in [1.29, 1.82) is 0 Å². The van der Waals surface area contributed by atoms with Crippen LogP contribution in [-0.4, -0.2) is 96.7 Å². The Morgan fingerprint density at radius 2 is 0.622 bits per heavy atom. The number of carbonyl (C=O) groups is 4. The quantitative estimate of drug-likeness (QED) is 0.0169. The van der Waals surface area contributed by atoms with Gasteiger partial charge in [0.05, 0.1) is 26.4 Å². The van der Waals surface area contributed by atoms with E-state index < -0.39 is 97.5 Å². The third-order valence-corrected chi connectivity index (χ3v) is 18.2. The number of aliphatic hydroxyl groups excluding tert-OH is 1. The van der Waals surface area contributed by atoms with Crippen LogP contribution in [0.2, 0.25) is 0 Å². The van der Waals surface area contributed by atoms with Crippen molar-refractivity contribution in [3.8, 4) is 0 Å². The van der Waals surface area contributed by atoms with Crippen LogP contribution < -0.4 is 0 Å². The Kier molecular flexibility index (Phi) is 62.2. The highest BCUT2D eigenvalue weighted by Crippen LogP contribution is 2.45. The number of phosphoric acid groups is 2. The molecule has 3 unspecified atom stereocenters. The first kappa shape index (κ1) is 87.5. The van der Waals surface area contributed by atoms with Crippen LogP contribution >= 0.6 is 15.6 Å². The highest BCUT2D eigenvalue weighted by Gasteiger charge is 2.30. The van der Waals surface area contributed by atoms with Crippen molar-refractivity contribution in [2.75, 3.05) is 39.6 Å². The molecular formula is C71H134O17P2. The number of aliphatic hydroxyl groups is 1. The van der Waals surface area contributed by atoms with Crippen LogP contribution in [0.15, 0.2) is 24.3 Å². The Morgan fingerprint density at radius 3 is 0.944 bits per heavy atom. The van der Waals surface area contributed by atoms with E-state index >= 15 is 0 Å². The molecule has 0 aromatic heterocycles. The molecule has 530 valence electrons. The molecule has 90 heavy (non-hydrogen) atoms. The van der Waals surface area contributed by atoms with Gasteiger partial charge in [0.25, 0.3) is 0 Å². The van der Waals surface area contributed by atoms with E-state index in [4.69, 9.17) is 37.0 Å². The number of ether oxygens (including phenoxy) is 4. The van der Waals surface area contributed by atoms with Crippen LogP contribution in [0.1, 0.15) is 343 Å². The van der Waals surface area contributed by atoms with Gasteiger partial charge >= 0.3 is 39.5 Å². The van der Waals surface area contributed by atoms with Gasteiger partial charge in [-0.25, -0.2) is 9.13 Å². The highest BCUT2D eigenvalue weighted by molar-refractivity contribution is 7.47. The normalized spacial score (nSPS) is 14.5. The lowest BCUT2D eigenvalue weighted by molar-refractivity contribution is -0.161. The van der Waals surface area contributed by atoms with Crippen LogP contribution in [0.5, 0.6) is 0 Å². The van der Waals surface area contributed by atoms with E-state index in [-0.39, 0.29) is 25.7 Å². The van der Waals surface area contributed by atoms with Crippen LogP contribution in [0.25, 0.3) is 0 Å². The van der Waals surface area contributed by atoms with E-state index in [9.17, 15) is 43.2 Å². The van der Waals surface area contributed by atoms with Gasteiger partial charge in [-0.3, -0.25) is 37.3 Å². The third kappa shape index (κ3) is 63.0. The van der Waals surface area contributed by atoms with Crippen LogP contribution in [0.3, 0.4) is 0 Å². The first-order valence-corrected chi connectivity index (χ1v) is 39.5. The smallest absolute Gasteiger partial charge is 0.462 e. The van der Waals surface area contributed by atoms with Gasteiger partial charge in [-0.1, -0.05) is 290 Å². The molecule has 0 rings (SSSR count). The largest absolute Gasteiger partial charge is 0.472 e. The molecule has 0 saturated carbocycles. The lowest BCUT2D eigenvalue weighted by atomic mass is 9.99. The van der Waals surface area contributed by atoms with Crippen LogP contribution in [0, 0.1) is 5.92 Å². The van der Waals surface area contributed by atoms with Crippen molar-refractivity contribution in [2.45, 2.75) is 361 Å². The summed E-state index contributed by atoms with van der Waals surface area (Å²) < 4.78 is 67.9. The highest BCUT2D eigenvalue weighted by atomic mass is 31.2. The fourth-order valence-corrected chi connectivity index (χ4v) is 11.8. The van der Waals surface area contributed by atoms with Crippen LogP contribution in [0.4, 0.5) is 0 Å². The Bertz CT molecular complexity index is 1830. The Hall–Kier alpha value is -2.46. The molecule has 0 aliphatic heterocycles. The summed E-state index contributed by atoms with van der Waals surface area (Å²) in [6.07, 6.45) is 54.1. The van der Waals surface area contributed by atoms with Crippen molar-refractivity contribution in [2.24, 2.45) is 5.92 Å². The SMILES string of the molecule is CCCCCC/C=C\C=C/CCCCCCCC(=O)OC[C@H](COP(=O)(O)OC[C@@H](O)COP(=O)(O)OC[C@@H](COC(=O)CCCCCCC)OC(=O)CCCCCCCCCC)OC(=O)CCCCCCCCCCCCCCCCCCCCC(C)CC. The van der Waals surface area contributed by atoms with Crippen molar-refractivity contribution in [3.05, 3.63) is 24.3 Å². The molecular weight excluding hydrogens is 1190 g/mol. The minimum atomic E-state index is -4.96. The van der Waals surface area contributed by atoms with Gasteiger partial charge < -0.3 is 33.8 Å². The minimum absolute atomic E-state index is 0.101. The van der Waals surface area contributed by atoms with E-state index in [1.54, 1.807) is 0 Å². The Balaban J connectivity index is 5.12. The number of phosphoric ester groups is 2. The fourth-order valence-electron chi connectivity index (χ4n) is 10.2. The van der Waals surface area contributed by atoms with Gasteiger partial charge in [0.1, 0.15) is 19.3 Å². The molecule has 0 saturated heterocycles. The zero-order valence-electron chi connectivity index (χ0n) is 57.8. The monoisotopic (exact) mass is 1320 g/mol. The second kappa shape index (κ2) is 63.9. The molecule has 0 aliphatic rings. The summed E-state index contributed by atoms with van der Waals surface area (Å²) in [4.78, 5) is 72.1. The molecule has 19 heteroatoms. The molecule has 0 aromatic rings. The maximum atomic E-state index is 13.0. The maximum absolute atomic E-state index is 13.0. The Morgan fingerprint density at radius 1 is 0.356 bits per heavy atom. The first-order chi connectivity index (χ1) is 43.6. The zero-order valence-corrected chi connectivity index (χ0v) is 59.5. The summed E-state index contributed by atoms with van der Waals surface area (Å²) >= 11 is 0. The number of rotatable bonds is 69. The predicted octanol–water partition coefficient (Wildman–Crippen LogP) is 20.1. The second-order valence-corrected chi connectivity index (χ2v) is 28.1. The van der Waals surface area contributed by atoms with Gasteiger partial charge in [-0.05, 0) is 57.3 Å². The zero-order chi connectivity index (χ0) is 66.3. The summed E-state index contributed by atoms with van der Waals surface area (Å²) in [5.74, 6) is -1.30. The number of unbranched alkanes of at least 4 members (excludes halogenated alkanes) is 37. The topological polar surface area (TPSA) is 237 Å². The molecule has 0 bridgehead atoms. The maximum Gasteiger partial charge on any atom is 0.472 e. The summed E-state index contributed by atoms with van der Waals surface area (Å²) in [6, 6.07) is 0. The number of hydrogen-bond donors (Lipinski definition) is 3. The predicted molar refractivity (Wildman–Crippen MR) is 363 cm³/mol. The van der Waals surface area contributed by atoms with Gasteiger partial charge in [-0.15, -0.1) is 0 Å². The minimum Gasteiger partial charge on any atom is -0.462 e. The fraction of sp³-hybridized carbons (Fsp3) is 0.887. The van der Waals surface area contributed by atoms with Gasteiger partial charge in [0.15, 0.2) is 12.2 Å². The number of carbonyl (C=O) groups excluding carboxylic acids is 4. The summed E-state index contributed by atoms with van der Waals surface area (Å²) in [7, 11) is -9.90. The molecule has 0 aliphatic carbocycles. The molecule has 6 atom stereocenters. The number of allylic oxidation sites excluding steroid dienone is 4. The van der Waals surface area contributed by atoms with Crippen molar-refractivity contribution in [1.82, 2.24) is 0 Å². The van der Waals surface area contributed by atoms with Gasteiger partial charge in [-0.2, -0.15) is 0 Å². The summed E-state index contributed by atoms with van der Waals surface area (Å²) in [6.45, 7) is 7.13. The molecule has 0 fully saturated rings. The third-order valence-electron chi connectivity index (χ3n) is 16.3. The molecule has 0 amide bonds. The van der Waals surface area contributed by atoms with Crippen molar-refractivity contribution in [3.63, 3.8) is 0 Å². The van der Waals surface area contributed by atoms with E-state index in [0.717, 1.165) is 128 Å². The average molecular weight is 1320 g/mol. The first-order valence-electron chi connectivity index (χ1n) is 36.5. The second-order valence-electron chi connectivity index (χ2n) is 25.2. The molecule has 0 aromatic carbocycles. The molecule has 0 radical (unpaired) electrons. The van der Waals surface area contributed by atoms with Gasteiger partial charge in [0, 0.05) is 25.7 Å². The van der Waals surface area contributed by atoms with Gasteiger partial charge in [0.2, 0.25) is 0 Å². The van der Waals surface area contributed by atoms with Crippen molar-refractivity contribution >= 4 is 39.5 Å². The summed E-state index contributed by atoms with van der Waals surface area (Å²) in [5.41, 5.74) is 0. The number of esters is 4. The van der Waals surface area contributed by atoms with E-state index in [1.807, 2.05) is 0 Å². The van der Waals surface area contributed by atoms with E-state index in [0.29, 0.717) is 25.7 Å². The standard InChI is InChI=1S/C71H134O17P2/c1-6-10-13-16-18-20-21-22-27-31-34-37-41-45-50-55-69(74)82-61-67(88-71(76)57-52-47-42-38-35-32-29-26-24-23-25-28-30-33-36-39-44-48-53-64(5)9-4)63-86-90(79,80)84-59-65(72)58-83-89(77,78)85-62-66(60-81-68(73)54-49-43-15-12-8-3)87-70(75)56-51-46-40-19-17-14-11-7-2/h20-22,27,64-67,72H,6-19,23-26,28-63H2,1-5H3,(H,77,78)(H,79,80)/b21-20-,27-22-/t64?,65-,66+,67+/m0/s1. The van der Waals surface area contributed by atoms with Crippen LogP contribution in [-0.2, 0) is 65.4 Å². The molecule has 3 N–H and O–H groups in total. The summed E-state index contributed by atoms with van der Waals surface area (Å²) in [5, 5.41) is 10.5. The molecule has 0 heterocycles. The Labute approximate surface area is 548 Å². The number of hydrogen-bond acceptors (Lipinski definition) is 15. The van der Waals surface area contributed by atoms with E-state index in [1.165, 1.54) is 135 Å². The van der Waals surface area contributed by atoms with Crippen molar-refractivity contribution < 1.29 is 80.2 Å². The average Bonchev–Trinajstić information content (AvgIpc) is 3.33. The lowest BCUT2D eigenvalue weighted by Crippen LogP contribution is -2.30.